The number of anilines is 2. The van der Waals surface area contributed by atoms with Gasteiger partial charge in [-0.2, -0.15) is 10.5 Å². The van der Waals surface area contributed by atoms with Gasteiger partial charge in [-0.15, -0.1) is 0 Å². The number of halogens is 2. The molecule has 0 atom stereocenters. The molecule has 0 spiro atoms. The highest BCUT2D eigenvalue weighted by molar-refractivity contribution is 9.10. The van der Waals surface area contributed by atoms with Gasteiger partial charge in [-0.3, -0.25) is 0 Å². The van der Waals surface area contributed by atoms with Gasteiger partial charge in [-0.25, -0.2) is 4.39 Å². The molecule has 0 radical (unpaired) electrons. The van der Waals surface area contributed by atoms with E-state index in [2.05, 4.69) is 21.2 Å². The van der Waals surface area contributed by atoms with E-state index in [-0.39, 0.29) is 5.56 Å². The van der Waals surface area contributed by atoms with Crippen LogP contribution < -0.4 is 5.32 Å². The Morgan fingerprint density at radius 1 is 1.00 bits per heavy atom. The second kappa shape index (κ2) is 5.51. The van der Waals surface area contributed by atoms with Crippen molar-refractivity contribution in [2.45, 2.75) is 0 Å². The fourth-order valence-corrected chi connectivity index (χ4v) is 2.07. The molecular weight excluding hydrogens is 309 g/mol. The zero-order chi connectivity index (χ0) is 13.8. The van der Waals surface area contributed by atoms with Crippen molar-refractivity contribution >= 4 is 27.3 Å². The molecule has 2 rings (SSSR count). The average Bonchev–Trinajstić information content (AvgIpc) is 2.40. The Bertz CT molecular complexity index is 714. The quantitative estimate of drug-likeness (QED) is 0.908. The predicted molar refractivity (Wildman–Crippen MR) is 73.3 cm³/mol. The topological polar surface area (TPSA) is 59.6 Å². The van der Waals surface area contributed by atoms with Gasteiger partial charge in [0.25, 0.3) is 0 Å². The first kappa shape index (κ1) is 13.1. The van der Waals surface area contributed by atoms with E-state index in [9.17, 15) is 4.39 Å². The largest absolute Gasteiger partial charge is 0.355 e. The van der Waals surface area contributed by atoms with Gasteiger partial charge in [0.15, 0.2) is 0 Å². The first-order valence-corrected chi connectivity index (χ1v) is 6.09. The van der Waals surface area contributed by atoms with Gasteiger partial charge >= 0.3 is 0 Å². The van der Waals surface area contributed by atoms with Crippen LogP contribution in [0.3, 0.4) is 0 Å². The molecule has 5 heteroatoms. The molecule has 0 fully saturated rings. The molecule has 2 aromatic rings. The van der Waals surface area contributed by atoms with E-state index in [0.717, 1.165) is 4.47 Å². The molecule has 0 heterocycles. The van der Waals surface area contributed by atoms with Crippen LogP contribution in [0.5, 0.6) is 0 Å². The highest BCUT2D eigenvalue weighted by Crippen LogP contribution is 2.24. The SMILES string of the molecule is N#Cc1cc(Br)cc(Nc2ccc(F)c(C#N)c2)c1. The molecule has 92 valence electrons. The predicted octanol–water partition coefficient (Wildman–Crippen LogP) is 4.08. The Labute approximate surface area is 118 Å². The molecule has 0 unspecified atom stereocenters. The first-order valence-electron chi connectivity index (χ1n) is 5.30. The fourth-order valence-electron chi connectivity index (χ4n) is 1.58. The Kier molecular flexibility index (Phi) is 3.79. The van der Waals surface area contributed by atoms with E-state index in [1.165, 1.54) is 18.2 Å². The Morgan fingerprint density at radius 3 is 2.47 bits per heavy atom. The van der Waals surface area contributed by atoms with E-state index in [1.807, 2.05) is 6.07 Å². The van der Waals surface area contributed by atoms with E-state index in [4.69, 9.17) is 10.5 Å². The molecule has 3 nitrogen and oxygen atoms in total. The van der Waals surface area contributed by atoms with Crippen molar-refractivity contribution in [2.75, 3.05) is 5.32 Å². The van der Waals surface area contributed by atoms with Crippen molar-refractivity contribution in [2.24, 2.45) is 0 Å². The Balaban J connectivity index is 2.34. The molecule has 2 aromatic carbocycles. The molecule has 0 aliphatic rings. The van der Waals surface area contributed by atoms with E-state index in [1.54, 1.807) is 24.3 Å². The summed E-state index contributed by atoms with van der Waals surface area (Å²) in [4.78, 5) is 0. The second-order valence-corrected chi connectivity index (χ2v) is 4.69. The summed E-state index contributed by atoms with van der Waals surface area (Å²) in [5.74, 6) is -0.556. The monoisotopic (exact) mass is 315 g/mol. The zero-order valence-corrected chi connectivity index (χ0v) is 11.2. The maximum atomic E-state index is 13.2. The van der Waals surface area contributed by atoms with Crippen LogP contribution in [0.15, 0.2) is 40.9 Å². The summed E-state index contributed by atoms with van der Waals surface area (Å²) < 4.78 is 14.0. The van der Waals surface area contributed by atoms with E-state index >= 15 is 0 Å². The normalized spacial score (nSPS) is 9.47. The molecule has 0 saturated carbocycles. The minimum atomic E-state index is -0.556. The maximum absolute atomic E-state index is 13.2. The Morgan fingerprint density at radius 2 is 1.79 bits per heavy atom. The number of hydrogen-bond donors (Lipinski definition) is 1. The van der Waals surface area contributed by atoms with Crippen molar-refractivity contribution < 1.29 is 4.39 Å². The molecular formula is C14H7BrFN3. The van der Waals surface area contributed by atoms with Gasteiger partial charge < -0.3 is 5.32 Å². The van der Waals surface area contributed by atoms with Crippen LogP contribution in [0.2, 0.25) is 0 Å². The highest BCUT2D eigenvalue weighted by atomic mass is 79.9. The van der Waals surface area contributed by atoms with Crippen molar-refractivity contribution in [3.63, 3.8) is 0 Å². The van der Waals surface area contributed by atoms with Crippen LogP contribution in [-0.4, -0.2) is 0 Å². The zero-order valence-electron chi connectivity index (χ0n) is 9.61. The molecule has 1 N–H and O–H groups in total. The van der Waals surface area contributed by atoms with Gasteiger partial charge in [0.1, 0.15) is 11.9 Å². The fraction of sp³-hybridized carbons (Fsp3) is 0. The van der Waals surface area contributed by atoms with Crippen molar-refractivity contribution in [1.82, 2.24) is 0 Å². The van der Waals surface area contributed by atoms with Crippen LogP contribution in [0.4, 0.5) is 15.8 Å². The maximum Gasteiger partial charge on any atom is 0.141 e. The molecule has 0 aliphatic carbocycles. The summed E-state index contributed by atoms with van der Waals surface area (Å²) in [5, 5.41) is 20.7. The van der Waals surface area contributed by atoms with Crippen LogP contribution in [-0.2, 0) is 0 Å². The number of nitrogens with zero attached hydrogens (tertiary/aromatic N) is 2. The summed E-state index contributed by atoms with van der Waals surface area (Å²) in [6, 6.07) is 13.1. The van der Waals surface area contributed by atoms with Gasteiger partial charge in [-0.1, -0.05) is 15.9 Å². The van der Waals surface area contributed by atoms with Crippen molar-refractivity contribution in [1.29, 1.82) is 10.5 Å². The van der Waals surface area contributed by atoms with Crippen molar-refractivity contribution in [3.05, 3.63) is 57.8 Å². The van der Waals surface area contributed by atoms with Crippen LogP contribution in [0.1, 0.15) is 11.1 Å². The smallest absolute Gasteiger partial charge is 0.141 e. The lowest BCUT2D eigenvalue weighted by Gasteiger charge is -2.08. The van der Waals surface area contributed by atoms with E-state index in [0.29, 0.717) is 16.9 Å². The number of rotatable bonds is 2. The van der Waals surface area contributed by atoms with Gasteiger partial charge in [0.05, 0.1) is 17.2 Å². The summed E-state index contributed by atoms with van der Waals surface area (Å²) >= 11 is 3.30. The molecule has 0 aromatic heterocycles. The third-order valence-corrected chi connectivity index (χ3v) is 2.86. The molecule has 0 aliphatic heterocycles. The number of nitrogens with one attached hydrogen (secondary N) is 1. The summed E-state index contributed by atoms with van der Waals surface area (Å²) in [6.45, 7) is 0. The standard InChI is InChI=1S/C14H7BrFN3/c15-11-3-9(7-17)4-13(6-11)19-12-1-2-14(16)10(5-12)8-18/h1-6,19H. The van der Waals surface area contributed by atoms with Gasteiger partial charge in [0.2, 0.25) is 0 Å². The minimum absolute atomic E-state index is 0.0273. The van der Waals surface area contributed by atoms with Gasteiger partial charge in [0, 0.05) is 15.8 Å². The summed E-state index contributed by atoms with van der Waals surface area (Å²) in [7, 11) is 0. The number of benzene rings is 2. The third kappa shape index (κ3) is 3.09. The lowest BCUT2D eigenvalue weighted by Crippen LogP contribution is -1.93. The van der Waals surface area contributed by atoms with Crippen molar-refractivity contribution in [3.8, 4) is 12.1 Å². The second-order valence-electron chi connectivity index (χ2n) is 3.77. The number of nitriles is 2. The minimum Gasteiger partial charge on any atom is -0.355 e. The molecule has 0 bridgehead atoms. The highest BCUT2D eigenvalue weighted by Gasteiger charge is 2.04. The van der Waals surface area contributed by atoms with Crippen LogP contribution in [0.25, 0.3) is 0 Å². The molecule has 0 amide bonds. The molecule has 19 heavy (non-hydrogen) atoms. The lowest BCUT2D eigenvalue weighted by molar-refractivity contribution is 0.624. The Hall–Kier alpha value is -2.37. The van der Waals surface area contributed by atoms with Crippen LogP contribution in [0, 0.1) is 28.5 Å². The third-order valence-electron chi connectivity index (χ3n) is 2.40. The van der Waals surface area contributed by atoms with Gasteiger partial charge in [-0.05, 0) is 36.4 Å². The average molecular weight is 316 g/mol. The lowest BCUT2D eigenvalue weighted by atomic mass is 10.2. The summed E-state index contributed by atoms with van der Waals surface area (Å²) in [5.41, 5.74) is 1.74. The van der Waals surface area contributed by atoms with E-state index < -0.39 is 5.82 Å². The molecule has 0 saturated heterocycles. The van der Waals surface area contributed by atoms with Crippen LogP contribution >= 0.6 is 15.9 Å². The summed E-state index contributed by atoms with van der Waals surface area (Å²) in [6.07, 6.45) is 0. The first-order chi connectivity index (χ1) is 9.12. The number of hydrogen-bond acceptors (Lipinski definition) is 3.